The van der Waals surface area contributed by atoms with Gasteiger partial charge in [-0.1, -0.05) is 0 Å². The highest BCUT2D eigenvalue weighted by atomic mass is 16.6. The Balaban J connectivity index is 2.74. The average Bonchev–Trinajstić information content (AvgIpc) is 2.37. The van der Waals surface area contributed by atoms with Gasteiger partial charge < -0.3 is 15.2 Å². The predicted octanol–water partition coefficient (Wildman–Crippen LogP) is 0.807. The third kappa shape index (κ3) is 2.77. The summed E-state index contributed by atoms with van der Waals surface area (Å²) in [4.78, 5) is 11.4. The van der Waals surface area contributed by atoms with Crippen molar-refractivity contribution in [2.24, 2.45) is 0 Å². The van der Waals surface area contributed by atoms with Crippen molar-refractivity contribution in [3.05, 3.63) is 11.8 Å². The molecule has 2 N–H and O–H groups in total. The van der Waals surface area contributed by atoms with E-state index in [1.807, 2.05) is 0 Å². The summed E-state index contributed by atoms with van der Waals surface area (Å²) in [6, 6.07) is 0. The van der Waals surface area contributed by atoms with Crippen LogP contribution in [0.25, 0.3) is 0 Å². The molecule has 0 aliphatic carbocycles. The second-order valence-electron chi connectivity index (χ2n) is 5.06. The van der Waals surface area contributed by atoms with Crippen LogP contribution in [0.2, 0.25) is 0 Å². The molecule has 6 nitrogen and oxygen atoms in total. The zero-order valence-corrected chi connectivity index (χ0v) is 10.6. The van der Waals surface area contributed by atoms with E-state index in [4.69, 9.17) is 9.84 Å². The SMILES string of the molecule is CC1(C)C=C(OC(=O)NCCO)C(C)(C)N1[O]. The first kappa shape index (κ1) is 14.0. The second-order valence-corrected chi connectivity index (χ2v) is 5.06. The molecule has 0 spiro atoms. The Hall–Kier alpha value is -1.11. The highest BCUT2D eigenvalue weighted by Gasteiger charge is 2.48. The molecule has 1 aliphatic heterocycles. The fourth-order valence-corrected chi connectivity index (χ4v) is 1.82. The van der Waals surface area contributed by atoms with Gasteiger partial charge in [0.2, 0.25) is 0 Å². The van der Waals surface area contributed by atoms with Crippen LogP contribution in [0.1, 0.15) is 27.7 Å². The number of rotatable bonds is 3. The van der Waals surface area contributed by atoms with E-state index in [1.54, 1.807) is 33.8 Å². The van der Waals surface area contributed by atoms with Gasteiger partial charge in [0, 0.05) is 6.54 Å². The van der Waals surface area contributed by atoms with Gasteiger partial charge >= 0.3 is 6.09 Å². The second kappa shape index (κ2) is 4.64. The maximum atomic E-state index is 12.0. The van der Waals surface area contributed by atoms with Crippen molar-refractivity contribution in [3.8, 4) is 0 Å². The van der Waals surface area contributed by atoms with Crippen LogP contribution in [0.15, 0.2) is 11.8 Å². The molecule has 0 fully saturated rings. The molecule has 1 heterocycles. The van der Waals surface area contributed by atoms with Gasteiger partial charge in [-0.2, -0.15) is 0 Å². The zero-order valence-electron chi connectivity index (χ0n) is 10.6. The van der Waals surface area contributed by atoms with Crippen LogP contribution in [-0.2, 0) is 9.94 Å². The van der Waals surface area contributed by atoms with Crippen LogP contribution in [-0.4, -0.2) is 40.5 Å². The van der Waals surface area contributed by atoms with Crippen LogP contribution in [0.4, 0.5) is 4.79 Å². The molecule has 1 amide bonds. The molecular formula is C11H19N2O4. The summed E-state index contributed by atoms with van der Waals surface area (Å²) >= 11 is 0. The third-order valence-electron chi connectivity index (χ3n) is 2.70. The van der Waals surface area contributed by atoms with Crippen LogP contribution >= 0.6 is 0 Å². The molecule has 1 aliphatic rings. The lowest BCUT2D eigenvalue weighted by Gasteiger charge is -2.32. The lowest BCUT2D eigenvalue weighted by atomic mass is 10.1. The predicted molar refractivity (Wildman–Crippen MR) is 60.3 cm³/mol. The van der Waals surface area contributed by atoms with E-state index < -0.39 is 17.2 Å². The van der Waals surface area contributed by atoms with Gasteiger partial charge in [-0.05, 0) is 33.8 Å². The number of carbonyl (C=O) groups is 1. The molecule has 1 radical (unpaired) electrons. The summed E-state index contributed by atoms with van der Waals surface area (Å²) in [5.41, 5.74) is -1.57. The van der Waals surface area contributed by atoms with Crippen LogP contribution in [0.3, 0.4) is 0 Å². The quantitative estimate of drug-likeness (QED) is 0.768. The van der Waals surface area contributed by atoms with E-state index in [-0.39, 0.29) is 13.2 Å². The van der Waals surface area contributed by atoms with E-state index in [1.165, 1.54) is 0 Å². The first-order valence-electron chi connectivity index (χ1n) is 5.49. The van der Waals surface area contributed by atoms with Gasteiger partial charge in [-0.25, -0.2) is 4.79 Å². The summed E-state index contributed by atoms with van der Waals surface area (Å²) < 4.78 is 5.09. The van der Waals surface area contributed by atoms with Crippen molar-refractivity contribution >= 4 is 6.09 Å². The van der Waals surface area contributed by atoms with E-state index in [2.05, 4.69) is 5.32 Å². The fourth-order valence-electron chi connectivity index (χ4n) is 1.82. The standard InChI is InChI=1S/C11H19N2O4/c1-10(2)7-8(11(3,4)13(10)16)17-9(15)12-5-6-14/h7,14H,5-6H2,1-4H3,(H,12,15). The van der Waals surface area contributed by atoms with E-state index in [0.29, 0.717) is 5.76 Å². The summed E-state index contributed by atoms with van der Waals surface area (Å²) in [5, 5.41) is 23.8. The number of ether oxygens (including phenoxy) is 1. The monoisotopic (exact) mass is 243 g/mol. The molecule has 0 unspecified atom stereocenters. The number of hydroxylamine groups is 2. The van der Waals surface area contributed by atoms with Gasteiger partial charge in [0.1, 0.15) is 11.3 Å². The highest BCUT2D eigenvalue weighted by Crippen LogP contribution is 2.38. The Labute approximate surface area is 101 Å². The highest BCUT2D eigenvalue weighted by molar-refractivity contribution is 5.69. The Morgan fingerprint density at radius 3 is 2.47 bits per heavy atom. The molecule has 0 aromatic carbocycles. The van der Waals surface area contributed by atoms with Gasteiger partial charge in [-0.3, -0.25) is 0 Å². The number of nitrogens with zero attached hydrogens (tertiary/aromatic N) is 1. The number of carbonyl (C=O) groups excluding carboxylic acids is 1. The maximum absolute atomic E-state index is 12.0. The number of aliphatic hydroxyl groups is 1. The molecule has 0 saturated heterocycles. The van der Waals surface area contributed by atoms with Gasteiger partial charge in [-0.15, -0.1) is 10.3 Å². The normalized spacial score (nSPS) is 22.1. The Morgan fingerprint density at radius 2 is 2.06 bits per heavy atom. The van der Waals surface area contributed by atoms with Gasteiger partial charge in [0.15, 0.2) is 0 Å². The van der Waals surface area contributed by atoms with Gasteiger partial charge in [0.05, 0.1) is 12.1 Å². The van der Waals surface area contributed by atoms with Crippen molar-refractivity contribution in [2.45, 2.75) is 38.8 Å². The zero-order chi connectivity index (χ0) is 13.3. The molecule has 0 bridgehead atoms. The van der Waals surface area contributed by atoms with Gasteiger partial charge in [0.25, 0.3) is 0 Å². The Bertz CT molecular complexity index is 336. The topological polar surface area (TPSA) is 81.7 Å². The lowest BCUT2D eigenvalue weighted by molar-refractivity contribution is -0.242. The number of aliphatic hydroxyl groups excluding tert-OH is 1. The first-order chi connectivity index (χ1) is 7.71. The molecular weight excluding hydrogens is 224 g/mol. The van der Waals surface area contributed by atoms with Crippen molar-refractivity contribution in [2.75, 3.05) is 13.2 Å². The van der Waals surface area contributed by atoms with E-state index >= 15 is 0 Å². The summed E-state index contributed by atoms with van der Waals surface area (Å²) in [6.45, 7) is 6.86. The Morgan fingerprint density at radius 1 is 1.47 bits per heavy atom. The molecule has 6 heteroatoms. The van der Waals surface area contributed by atoms with E-state index in [9.17, 15) is 10.0 Å². The molecule has 97 valence electrons. The summed E-state index contributed by atoms with van der Waals surface area (Å²) in [5.74, 6) is 0.327. The average molecular weight is 243 g/mol. The smallest absolute Gasteiger partial charge is 0.412 e. The first-order valence-corrected chi connectivity index (χ1v) is 5.49. The van der Waals surface area contributed by atoms with Crippen molar-refractivity contribution in [3.63, 3.8) is 0 Å². The van der Waals surface area contributed by atoms with Crippen LogP contribution < -0.4 is 5.32 Å². The van der Waals surface area contributed by atoms with Crippen molar-refractivity contribution in [1.82, 2.24) is 10.4 Å². The molecule has 1 rings (SSSR count). The molecule has 0 aromatic rings. The lowest BCUT2D eigenvalue weighted by Crippen LogP contribution is -2.47. The molecule has 0 atom stereocenters. The van der Waals surface area contributed by atoms with Crippen molar-refractivity contribution in [1.29, 1.82) is 0 Å². The molecule has 0 saturated carbocycles. The van der Waals surface area contributed by atoms with Crippen LogP contribution in [0, 0.1) is 0 Å². The molecule has 17 heavy (non-hydrogen) atoms. The number of hydrogen-bond donors (Lipinski definition) is 2. The molecule has 0 aromatic heterocycles. The fraction of sp³-hybridized carbons (Fsp3) is 0.727. The summed E-state index contributed by atoms with van der Waals surface area (Å²) in [7, 11) is 0. The van der Waals surface area contributed by atoms with E-state index in [0.717, 1.165) is 5.06 Å². The minimum absolute atomic E-state index is 0.122. The number of nitrogens with one attached hydrogen (secondary N) is 1. The summed E-state index contributed by atoms with van der Waals surface area (Å²) in [6.07, 6.45) is 0.975. The number of amides is 1. The Kier molecular flexibility index (Phi) is 3.81. The van der Waals surface area contributed by atoms with Crippen LogP contribution in [0.5, 0.6) is 0 Å². The minimum atomic E-state index is -0.875. The van der Waals surface area contributed by atoms with Crippen molar-refractivity contribution < 1.29 is 19.8 Å². The third-order valence-corrected chi connectivity index (χ3v) is 2.70. The largest absolute Gasteiger partial charge is 0.413 e. The maximum Gasteiger partial charge on any atom is 0.412 e. The minimum Gasteiger partial charge on any atom is -0.413 e. The number of hydrogen-bond acceptors (Lipinski definition) is 4. The number of alkyl carbamates (subject to hydrolysis) is 1.